The lowest BCUT2D eigenvalue weighted by Gasteiger charge is -2.20. The fourth-order valence-electron chi connectivity index (χ4n) is 2.91. The van der Waals surface area contributed by atoms with Gasteiger partial charge in [-0.3, -0.25) is 9.36 Å². The first-order chi connectivity index (χ1) is 12.0. The van der Waals surface area contributed by atoms with Gasteiger partial charge in [-0.15, -0.1) is 0 Å². The molecule has 0 bridgehead atoms. The molecular weight excluding hydrogens is 332 g/mol. The second-order valence-electron chi connectivity index (χ2n) is 5.84. The van der Waals surface area contributed by atoms with E-state index in [1.807, 2.05) is 13.8 Å². The molecule has 0 unspecified atom stereocenters. The van der Waals surface area contributed by atoms with Gasteiger partial charge in [0.1, 0.15) is 15.8 Å². The Morgan fingerprint density at radius 3 is 2.40 bits per heavy atom. The summed E-state index contributed by atoms with van der Waals surface area (Å²) in [6.07, 6.45) is 1.74. The molecule has 3 rings (SSSR count). The lowest BCUT2D eigenvalue weighted by molar-refractivity contribution is 0.863. The molecular formula is C19H22N4OS. The van der Waals surface area contributed by atoms with Crippen molar-refractivity contribution in [3.05, 3.63) is 58.4 Å². The molecule has 0 aliphatic heterocycles. The summed E-state index contributed by atoms with van der Waals surface area (Å²) in [7, 11) is 0. The molecule has 0 radical (unpaired) electrons. The lowest BCUT2D eigenvalue weighted by Crippen LogP contribution is -2.21. The third-order valence-corrected chi connectivity index (χ3v) is 5.20. The van der Waals surface area contributed by atoms with Crippen molar-refractivity contribution in [2.24, 2.45) is 0 Å². The van der Waals surface area contributed by atoms with Crippen LogP contribution in [0.15, 0.2) is 41.3 Å². The smallest absolute Gasteiger partial charge is 0.258 e. The summed E-state index contributed by atoms with van der Waals surface area (Å²) in [6.45, 7) is 9.95. The second kappa shape index (κ2) is 7.19. The van der Waals surface area contributed by atoms with E-state index in [1.54, 1.807) is 16.8 Å². The van der Waals surface area contributed by atoms with Crippen LogP contribution in [0.25, 0.3) is 15.6 Å². The molecule has 0 N–H and O–H groups in total. The van der Waals surface area contributed by atoms with E-state index in [9.17, 15) is 4.79 Å². The van der Waals surface area contributed by atoms with Crippen LogP contribution in [0.4, 0.5) is 5.69 Å². The van der Waals surface area contributed by atoms with Crippen LogP contribution in [-0.2, 0) is 0 Å². The molecule has 1 aromatic carbocycles. The molecule has 0 fully saturated rings. The number of rotatable bonds is 5. The van der Waals surface area contributed by atoms with Gasteiger partial charge in [0.15, 0.2) is 0 Å². The molecule has 0 saturated carbocycles. The van der Waals surface area contributed by atoms with E-state index in [2.05, 4.69) is 53.0 Å². The Morgan fingerprint density at radius 2 is 1.80 bits per heavy atom. The SMILES string of the molecule is CCN(CC)c1ccc(-c2ncc(-n3c(C)nc(C)cc3=O)s2)cc1. The van der Waals surface area contributed by atoms with E-state index in [-0.39, 0.29) is 5.56 Å². The summed E-state index contributed by atoms with van der Waals surface area (Å²) in [5, 5.41) is 1.69. The Kier molecular flexibility index (Phi) is 4.99. The third-order valence-electron chi connectivity index (χ3n) is 4.17. The molecule has 25 heavy (non-hydrogen) atoms. The Bertz CT molecular complexity index is 923. The summed E-state index contributed by atoms with van der Waals surface area (Å²) >= 11 is 1.50. The van der Waals surface area contributed by atoms with Gasteiger partial charge in [0.25, 0.3) is 5.56 Å². The highest BCUT2D eigenvalue weighted by molar-refractivity contribution is 7.17. The molecule has 0 amide bonds. The molecule has 6 heteroatoms. The number of anilines is 1. The van der Waals surface area contributed by atoms with Gasteiger partial charge in [-0.25, -0.2) is 9.97 Å². The summed E-state index contributed by atoms with van der Waals surface area (Å²) in [4.78, 5) is 23.5. The number of benzene rings is 1. The molecule has 0 aliphatic carbocycles. The monoisotopic (exact) mass is 354 g/mol. The van der Waals surface area contributed by atoms with Gasteiger partial charge in [-0.1, -0.05) is 11.3 Å². The van der Waals surface area contributed by atoms with Gasteiger partial charge in [0, 0.05) is 36.1 Å². The topological polar surface area (TPSA) is 51.0 Å². The predicted molar refractivity (Wildman–Crippen MR) is 104 cm³/mol. The first-order valence-electron chi connectivity index (χ1n) is 8.42. The zero-order valence-corrected chi connectivity index (χ0v) is 15.8. The van der Waals surface area contributed by atoms with Gasteiger partial charge >= 0.3 is 0 Å². The van der Waals surface area contributed by atoms with E-state index in [0.29, 0.717) is 5.82 Å². The minimum absolute atomic E-state index is 0.0721. The second-order valence-corrected chi connectivity index (χ2v) is 6.85. The van der Waals surface area contributed by atoms with Crippen LogP contribution in [0.3, 0.4) is 0 Å². The summed E-state index contributed by atoms with van der Waals surface area (Å²) in [5.41, 5.74) is 2.92. The molecule has 2 aromatic heterocycles. The van der Waals surface area contributed by atoms with Crippen molar-refractivity contribution in [2.75, 3.05) is 18.0 Å². The van der Waals surface area contributed by atoms with E-state index >= 15 is 0 Å². The van der Waals surface area contributed by atoms with Crippen molar-refractivity contribution in [3.8, 4) is 15.6 Å². The average Bonchev–Trinajstić information content (AvgIpc) is 3.05. The third kappa shape index (κ3) is 3.49. The normalized spacial score (nSPS) is 10.9. The number of aromatic nitrogens is 3. The molecule has 2 heterocycles. The molecule has 3 aromatic rings. The van der Waals surface area contributed by atoms with Crippen molar-refractivity contribution >= 4 is 17.0 Å². The minimum Gasteiger partial charge on any atom is -0.372 e. The zero-order valence-electron chi connectivity index (χ0n) is 15.0. The Labute approximate surface area is 151 Å². The van der Waals surface area contributed by atoms with Gasteiger partial charge in [-0.05, 0) is 52.0 Å². The largest absolute Gasteiger partial charge is 0.372 e. The van der Waals surface area contributed by atoms with E-state index < -0.39 is 0 Å². The molecule has 0 atom stereocenters. The van der Waals surface area contributed by atoms with Crippen LogP contribution in [0, 0.1) is 13.8 Å². The Balaban J connectivity index is 1.93. The predicted octanol–water partition coefficient (Wildman–Crippen LogP) is 3.82. The van der Waals surface area contributed by atoms with Gasteiger partial charge in [0.05, 0.1) is 6.20 Å². The van der Waals surface area contributed by atoms with Crippen LogP contribution in [0.1, 0.15) is 25.4 Å². The van der Waals surface area contributed by atoms with Gasteiger partial charge in [0.2, 0.25) is 0 Å². The Morgan fingerprint density at radius 1 is 1.12 bits per heavy atom. The standard InChI is InChI=1S/C19H22N4OS/c1-5-22(6-2)16-9-7-15(8-10-16)19-20-12-18(25-19)23-14(4)21-13(3)11-17(23)24/h7-12H,5-6H2,1-4H3. The van der Waals surface area contributed by atoms with Crippen molar-refractivity contribution in [3.63, 3.8) is 0 Å². The van der Waals surface area contributed by atoms with Crippen LogP contribution in [-0.4, -0.2) is 27.6 Å². The fraction of sp³-hybridized carbons (Fsp3) is 0.316. The van der Waals surface area contributed by atoms with Crippen LogP contribution in [0.5, 0.6) is 0 Å². The molecule has 0 spiro atoms. The van der Waals surface area contributed by atoms with Gasteiger partial charge < -0.3 is 4.90 Å². The molecule has 130 valence electrons. The number of hydrogen-bond donors (Lipinski definition) is 0. The summed E-state index contributed by atoms with van der Waals surface area (Å²) in [6, 6.07) is 9.95. The maximum Gasteiger partial charge on any atom is 0.258 e. The van der Waals surface area contributed by atoms with Crippen molar-refractivity contribution in [2.45, 2.75) is 27.7 Å². The highest BCUT2D eigenvalue weighted by Crippen LogP contribution is 2.29. The molecule has 0 aliphatic rings. The first-order valence-corrected chi connectivity index (χ1v) is 9.24. The first kappa shape index (κ1) is 17.4. The van der Waals surface area contributed by atoms with Crippen molar-refractivity contribution in [1.29, 1.82) is 0 Å². The van der Waals surface area contributed by atoms with E-state index in [0.717, 1.165) is 34.4 Å². The van der Waals surface area contributed by atoms with Crippen LogP contribution >= 0.6 is 11.3 Å². The summed E-state index contributed by atoms with van der Waals surface area (Å²) < 4.78 is 1.61. The highest BCUT2D eigenvalue weighted by atomic mass is 32.1. The number of aryl methyl sites for hydroxylation is 2. The highest BCUT2D eigenvalue weighted by Gasteiger charge is 2.11. The van der Waals surface area contributed by atoms with E-state index in [1.165, 1.54) is 17.0 Å². The zero-order chi connectivity index (χ0) is 18.0. The number of hydrogen-bond acceptors (Lipinski definition) is 5. The minimum atomic E-state index is -0.0721. The fourth-order valence-corrected chi connectivity index (χ4v) is 3.89. The average molecular weight is 354 g/mol. The molecule has 0 saturated heterocycles. The Hall–Kier alpha value is -2.47. The van der Waals surface area contributed by atoms with Gasteiger partial charge in [-0.2, -0.15) is 0 Å². The maximum absolute atomic E-state index is 12.3. The van der Waals surface area contributed by atoms with Crippen molar-refractivity contribution in [1.82, 2.24) is 14.5 Å². The van der Waals surface area contributed by atoms with E-state index in [4.69, 9.17) is 0 Å². The summed E-state index contributed by atoms with van der Waals surface area (Å²) in [5.74, 6) is 0.678. The lowest BCUT2D eigenvalue weighted by atomic mass is 10.2. The molecule has 5 nitrogen and oxygen atoms in total. The van der Waals surface area contributed by atoms with Crippen molar-refractivity contribution < 1.29 is 0 Å². The van der Waals surface area contributed by atoms with Crippen LogP contribution in [0.2, 0.25) is 0 Å². The maximum atomic E-state index is 12.3. The number of thiazole rings is 1. The number of nitrogens with zero attached hydrogens (tertiary/aromatic N) is 4. The van der Waals surface area contributed by atoms with Crippen LogP contribution < -0.4 is 10.5 Å². The quantitative estimate of drug-likeness (QED) is 0.699.